The number of amides is 1. The highest BCUT2D eigenvalue weighted by Gasteiger charge is 2.33. The highest BCUT2D eigenvalue weighted by Crippen LogP contribution is 2.33. The number of carbonyl (C=O) groups is 1. The van der Waals surface area contributed by atoms with Gasteiger partial charge in [-0.1, -0.05) is 42.5 Å². The second-order valence-electron chi connectivity index (χ2n) is 8.41. The SMILES string of the molecule is O=C(CC1CCN(Cc2ccccc2C(F)(F)F)CC1)N1CCc2ccccc2C1. The molecule has 0 spiro atoms. The molecular weight excluding hydrogens is 389 g/mol. The molecule has 1 amide bonds. The van der Waals surface area contributed by atoms with E-state index in [0.29, 0.717) is 31.0 Å². The molecular formula is C24H27F3N2O. The summed E-state index contributed by atoms with van der Waals surface area (Å²) in [5.41, 5.74) is 2.34. The molecule has 0 bridgehead atoms. The number of hydrogen-bond acceptors (Lipinski definition) is 2. The van der Waals surface area contributed by atoms with Crippen LogP contribution in [0.3, 0.4) is 0 Å². The Morgan fingerprint density at radius 1 is 0.933 bits per heavy atom. The highest BCUT2D eigenvalue weighted by molar-refractivity contribution is 5.76. The van der Waals surface area contributed by atoms with Crippen LogP contribution in [0, 0.1) is 5.92 Å². The van der Waals surface area contributed by atoms with Crippen LogP contribution < -0.4 is 0 Å². The molecule has 1 fully saturated rings. The van der Waals surface area contributed by atoms with E-state index in [1.807, 2.05) is 17.0 Å². The van der Waals surface area contributed by atoms with Gasteiger partial charge in [0.05, 0.1) is 5.56 Å². The van der Waals surface area contributed by atoms with Gasteiger partial charge in [0.1, 0.15) is 0 Å². The number of fused-ring (bicyclic) bond motifs is 1. The lowest BCUT2D eigenvalue weighted by Gasteiger charge is -2.34. The second kappa shape index (κ2) is 8.80. The van der Waals surface area contributed by atoms with Gasteiger partial charge in [-0.2, -0.15) is 13.2 Å². The number of likely N-dealkylation sites (tertiary alicyclic amines) is 1. The van der Waals surface area contributed by atoms with E-state index in [4.69, 9.17) is 0 Å². The third-order valence-corrected chi connectivity index (χ3v) is 6.37. The molecule has 1 saturated heterocycles. The number of halogens is 3. The lowest BCUT2D eigenvalue weighted by molar-refractivity contribution is -0.138. The van der Waals surface area contributed by atoms with Crippen LogP contribution in [0.2, 0.25) is 0 Å². The van der Waals surface area contributed by atoms with Crippen molar-refractivity contribution in [2.24, 2.45) is 5.92 Å². The average molecular weight is 416 g/mol. The van der Waals surface area contributed by atoms with Gasteiger partial charge in [0.2, 0.25) is 5.91 Å². The van der Waals surface area contributed by atoms with Crippen molar-refractivity contribution < 1.29 is 18.0 Å². The molecule has 0 unspecified atom stereocenters. The molecule has 2 aliphatic heterocycles. The smallest absolute Gasteiger partial charge is 0.338 e. The van der Waals surface area contributed by atoms with Gasteiger partial charge >= 0.3 is 6.18 Å². The number of benzene rings is 2. The molecule has 0 aliphatic carbocycles. The first kappa shape index (κ1) is 20.9. The monoisotopic (exact) mass is 416 g/mol. The number of piperidine rings is 1. The maximum atomic E-state index is 13.2. The van der Waals surface area contributed by atoms with Crippen molar-refractivity contribution in [3.05, 3.63) is 70.8 Å². The molecule has 0 radical (unpaired) electrons. The third-order valence-electron chi connectivity index (χ3n) is 6.37. The molecule has 0 saturated carbocycles. The van der Waals surface area contributed by atoms with Gasteiger partial charge in [-0.25, -0.2) is 0 Å². The molecule has 6 heteroatoms. The molecule has 2 aromatic carbocycles. The third kappa shape index (κ3) is 4.86. The first-order valence-corrected chi connectivity index (χ1v) is 10.6. The minimum Gasteiger partial charge on any atom is -0.338 e. The maximum Gasteiger partial charge on any atom is 0.416 e. The molecule has 160 valence electrons. The van der Waals surface area contributed by atoms with Crippen LogP contribution in [-0.4, -0.2) is 35.3 Å². The van der Waals surface area contributed by atoms with E-state index in [9.17, 15) is 18.0 Å². The molecule has 3 nitrogen and oxygen atoms in total. The Kier molecular flexibility index (Phi) is 6.14. The highest BCUT2D eigenvalue weighted by atomic mass is 19.4. The summed E-state index contributed by atoms with van der Waals surface area (Å²) in [6, 6.07) is 14.1. The zero-order valence-electron chi connectivity index (χ0n) is 17.0. The van der Waals surface area contributed by atoms with E-state index in [1.54, 1.807) is 12.1 Å². The van der Waals surface area contributed by atoms with Crippen LogP contribution in [0.15, 0.2) is 48.5 Å². The quantitative estimate of drug-likeness (QED) is 0.708. The number of hydrogen-bond donors (Lipinski definition) is 0. The van der Waals surface area contributed by atoms with E-state index in [1.165, 1.54) is 17.2 Å². The predicted octanol–water partition coefficient (Wildman–Crippen LogP) is 4.89. The van der Waals surface area contributed by atoms with Crippen molar-refractivity contribution in [3.63, 3.8) is 0 Å². The van der Waals surface area contributed by atoms with E-state index < -0.39 is 11.7 Å². The van der Waals surface area contributed by atoms with Crippen molar-refractivity contribution in [1.82, 2.24) is 9.80 Å². The summed E-state index contributed by atoms with van der Waals surface area (Å²) in [6.45, 7) is 3.21. The Morgan fingerprint density at radius 3 is 2.33 bits per heavy atom. The van der Waals surface area contributed by atoms with Gasteiger partial charge in [0, 0.05) is 26.1 Å². The van der Waals surface area contributed by atoms with Gasteiger partial charge in [0.25, 0.3) is 0 Å². The Bertz CT molecular complexity index is 888. The van der Waals surface area contributed by atoms with Crippen molar-refractivity contribution in [3.8, 4) is 0 Å². The first-order chi connectivity index (χ1) is 14.4. The number of carbonyl (C=O) groups excluding carboxylic acids is 1. The Labute approximate surface area is 175 Å². The van der Waals surface area contributed by atoms with Crippen molar-refractivity contribution in [2.45, 2.75) is 44.9 Å². The lowest BCUT2D eigenvalue weighted by Crippen LogP contribution is -2.39. The van der Waals surface area contributed by atoms with Gasteiger partial charge in [0.15, 0.2) is 0 Å². The van der Waals surface area contributed by atoms with Crippen LogP contribution in [0.5, 0.6) is 0 Å². The number of nitrogens with zero attached hydrogens (tertiary/aromatic N) is 2. The van der Waals surface area contributed by atoms with E-state index in [-0.39, 0.29) is 5.91 Å². The average Bonchev–Trinajstić information content (AvgIpc) is 2.74. The molecule has 2 aromatic rings. The molecule has 2 aliphatic rings. The number of rotatable bonds is 4. The zero-order chi connectivity index (χ0) is 21.1. The fourth-order valence-electron chi connectivity index (χ4n) is 4.61. The zero-order valence-corrected chi connectivity index (χ0v) is 17.0. The second-order valence-corrected chi connectivity index (χ2v) is 8.41. The minimum atomic E-state index is -4.33. The van der Waals surface area contributed by atoms with Crippen LogP contribution in [0.25, 0.3) is 0 Å². The Balaban J connectivity index is 1.28. The van der Waals surface area contributed by atoms with Gasteiger partial charge in [-0.3, -0.25) is 9.69 Å². The van der Waals surface area contributed by atoms with Crippen molar-refractivity contribution >= 4 is 5.91 Å². The van der Waals surface area contributed by atoms with Gasteiger partial charge < -0.3 is 4.90 Å². The molecule has 0 N–H and O–H groups in total. The fraction of sp³-hybridized carbons (Fsp3) is 0.458. The summed E-state index contributed by atoms with van der Waals surface area (Å²) in [5.74, 6) is 0.508. The molecule has 0 atom stereocenters. The topological polar surface area (TPSA) is 23.6 Å². The summed E-state index contributed by atoms with van der Waals surface area (Å²) in [4.78, 5) is 16.8. The van der Waals surface area contributed by atoms with E-state index in [2.05, 4.69) is 17.0 Å². The van der Waals surface area contributed by atoms with E-state index in [0.717, 1.165) is 45.0 Å². The summed E-state index contributed by atoms with van der Waals surface area (Å²) in [5, 5.41) is 0. The summed E-state index contributed by atoms with van der Waals surface area (Å²) in [6.07, 6.45) is -1.18. The van der Waals surface area contributed by atoms with Crippen molar-refractivity contribution in [1.29, 1.82) is 0 Å². The van der Waals surface area contributed by atoms with Crippen LogP contribution in [-0.2, 0) is 30.5 Å². The van der Waals surface area contributed by atoms with Gasteiger partial charge in [-0.15, -0.1) is 0 Å². The van der Waals surface area contributed by atoms with Gasteiger partial charge in [-0.05, 0) is 61.0 Å². The fourth-order valence-corrected chi connectivity index (χ4v) is 4.61. The summed E-state index contributed by atoms with van der Waals surface area (Å²) >= 11 is 0. The van der Waals surface area contributed by atoms with E-state index >= 15 is 0 Å². The molecule has 30 heavy (non-hydrogen) atoms. The normalized spacial score (nSPS) is 18.3. The largest absolute Gasteiger partial charge is 0.416 e. The lowest BCUT2D eigenvalue weighted by atomic mass is 9.91. The minimum absolute atomic E-state index is 0.199. The van der Waals surface area contributed by atoms with Crippen LogP contribution in [0.1, 0.15) is 41.5 Å². The van der Waals surface area contributed by atoms with Crippen LogP contribution >= 0.6 is 0 Å². The standard InChI is InChI=1S/C24H27F3N2O/c25-24(26,27)22-8-4-3-7-21(22)16-28-12-9-18(10-13-28)15-23(30)29-14-11-19-5-1-2-6-20(19)17-29/h1-8,18H,9-17H2. The molecule has 4 rings (SSSR count). The molecule has 0 aromatic heterocycles. The Morgan fingerprint density at radius 2 is 1.60 bits per heavy atom. The van der Waals surface area contributed by atoms with Crippen molar-refractivity contribution in [2.75, 3.05) is 19.6 Å². The summed E-state index contributed by atoms with van der Waals surface area (Å²) in [7, 11) is 0. The first-order valence-electron chi connectivity index (χ1n) is 10.6. The summed E-state index contributed by atoms with van der Waals surface area (Å²) < 4.78 is 39.7. The predicted molar refractivity (Wildman–Crippen MR) is 110 cm³/mol. The van der Waals surface area contributed by atoms with Crippen LogP contribution in [0.4, 0.5) is 13.2 Å². The number of alkyl halides is 3. The maximum absolute atomic E-state index is 13.2. The molecule has 2 heterocycles. The Hall–Kier alpha value is -2.34.